The number of rotatable bonds is 10. The van der Waals surface area contributed by atoms with Crippen molar-refractivity contribution in [1.82, 2.24) is 10.7 Å². The summed E-state index contributed by atoms with van der Waals surface area (Å²) in [6.45, 7) is 9.49. The summed E-state index contributed by atoms with van der Waals surface area (Å²) < 4.78 is 4.82. The zero-order chi connectivity index (χ0) is 17.7. The van der Waals surface area contributed by atoms with Crippen molar-refractivity contribution in [3.05, 3.63) is 12.7 Å². The van der Waals surface area contributed by atoms with Gasteiger partial charge >= 0.3 is 12.1 Å². The van der Waals surface area contributed by atoms with Crippen LogP contribution in [0, 0.1) is 0 Å². The Morgan fingerprint density at radius 2 is 2.09 bits per heavy atom. The lowest BCUT2D eigenvalue weighted by Crippen LogP contribution is -2.37. The van der Waals surface area contributed by atoms with Crippen LogP contribution in [0.2, 0.25) is 0 Å². The smallest absolute Gasteiger partial charge is 0.407 e. The second-order valence-corrected chi connectivity index (χ2v) is 5.55. The van der Waals surface area contributed by atoms with Crippen LogP contribution in [0.25, 0.3) is 0 Å². The van der Waals surface area contributed by atoms with Gasteiger partial charge in [-0.3, -0.25) is 0 Å². The number of ether oxygens (including phenoxy) is 1. The van der Waals surface area contributed by atoms with E-state index in [1.54, 1.807) is 0 Å². The van der Waals surface area contributed by atoms with E-state index in [1.165, 1.54) is 12.3 Å². The van der Waals surface area contributed by atoms with E-state index >= 15 is 0 Å². The van der Waals surface area contributed by atoms with Crippen molar-refractivity contribution < 1.29 is 24.1 Å². The Morgan fingerprint density at radius 3 is 2.65 bits per heavy atom. The minimum Gasteiger partial charge on any atom is -0.445 e. The monoisotopic (exact) mass is 330 g/mol. The van der Waals surface area contributed by atoms with Crippen LogP contribution >= 0.6 is 0 Å². The predicted molar refractivity (Wildman–Crippen MR) is 85.7 cm³/mol. The minimum absolute atomic E-state index is 0.0950. The number of nitrogens with two attached hydrogens (primary N) is 1. The standard InChI is InChI=1S/C14H26N4O5/c1-5-8-21-13(20)17-11(10-16-18-12(15)19)7-6-9-22-23-14(2,3)4/h5,10-11H,1,6-9H2,2-4H3,(H,17,20)(H3,15,18,19). The molecule has 0 aliphatic carbocycles. The Morgan fingerprint density at radius 1 is 1.39 bits per heavy atom. The fourth-order valence-electron chi connectivity index (χ4n) is 1.28. The van der Waals surface area contributed by atoms with Crippen LogP contribution in [-0.2, 0) is 14.5 Å². The molecule has 0 aromatic carbocycles. The number of hydrogen-bond acceptors (Lipinski definition) is 6. The first-order chi connectivity index (χ1) is 10.7. The number of hydrogen-bond donors (Lipinski definition) is 3. The van der Waals surface area contributed by atoms with Crippen LogP contribution in [0.1, 0.15) is 33.6 Å². The summed E-state index contributed by atoms with van der Waals surface area (Å²) >= 11 is 0. The largest absolute Gasteiger partial charge is 0.445 e. The molecule has 0 aromatic rings. The topological polar surface area (TPSA) is 124 Å². The lowest BCUT2D eigenvalue weighted by atomic mass is 10.2. The Balaban J connectivity index is 4.25. The zero-order valence-corrected chi connectivity index (χ0v) is 13.8. The van der Waals surface area contributed by atoms with Gasteiger partial charge in [0, 0.05) is 6.21 Å². The number of carbonyl (C=O) groups is 2. The molecule has 0 rings (SSSR count). The molecule has 132 valence electrons. The number of hydrazone groups is 1. The van der Waals surface area contributed by atoms with E-state index in [1.807, 2.05) is 20.8 Å². The van der Waals surface area contributed by atoms with E-state index in [-0.39, 0.29) is 12.2 Å². The van der Waals surface area contributed by atoms with Crippen molar-refractivity contribution in [3.8, 4) is 0 Å². The summed E-state index contributed by atoms with van der Waals surface area (Å²) in [5.41, 5.74) is 6.57. The maximum atomic E-state index is 11.5. The fourth-order valence-corrected chi connectivity index (χ4v) is 1.28. The molecule has 0 saturated carbocycles. The van der Waals surface area contributed by atoms with E-state index in [4.69, 9.17) is 20.2 Å². The number of primary amides is 1. The number of amides is 3. The Kier molecular flexibility index (Phi) is 10.4. The van der Waals surface area contributed by atoms with E-state index in [0.29, 0.717) is 19.4 Å². The summed E-state index contributed by atoms with van der Waals surface area (Å²) in [4.78, 5) is 32.3. The average Bonchev–Trinajstić information content (AvgIpc) is 2.42. The third-order valence-corrected chi connectivity index (χ3v) is 2.12. The zero-order valence-electron chi connectivity index (χ0n) is 13.8. The number of carbonyl (C=O) groups excluding carboxylic acids is 2. The van der Waals surface area contributed by atoms with Crippen molar-refractivity contribution in [2.24, 2.45) is 10.8 Å². The van der Waals surface area contributed by atoms with Crippen molar-refractivity contribution in [1.29, 1.82) is 0 Å². The number of nitrogens with zero attached hydrogens (tertiary/aromatic N) is 1. The molecule has 3 amide bonds. The molecule has 1 atom stereocenters. The third-order valence-electron chi connectivity index (χ3n) is 2.12. The van der Waals surface area contributed by atoms with E-state index in [0.717, 1.165) is 0 Å². The molecule has 0 radical (unpaired) electrons. The van der Waals surface area contributed by atoms with Gasteiger partial charge in [-0.25, -0.2) is 24.8 Å². The normalized spacial score (nSPS) is 12.7. The summed E-state index contributed by atoms with van der Waals surface area (Å²) in [5, 5.41) is 6.22. The highest BCUT2D eigenvalue weighted by atomic mass is 17.2. The lowest BCUT2D eigenvalue weighted by Gasteiger charge is -2.18. The molecule has 1 unspecified atom stereocenters. The second-order valence-electron chi connectivity index (χ2n) is 5.55. The molecule has 0 aliphatic heterocycles. The molecule has 23 heavy (non-hydrogen) atoms. The summed E-state index contributed by atoms with van der Waals surface area (Å²) in [6, 6.07) is -1.26. The molecule has 0 fully saturated rings. The van der Waals surface area contributed by atoms with Gasteiger partial charge in [-0.2, -0.15) is 5.10 Å². The van der Waals surface area contributed by atoms with Crippen molar-refractivity contribution in [3.63, 3.8) is 0 Å². The Bertz CT molecular complexity index is 406. The van der Waals surface area contributed by atoms with Gasteiger partial charge in [0.05, 0.1) is 18.2 Å². The van der Waals surface area contributed by atoms with Gasteiger partial charge in [0.1, 0.15) is 6.61 Å². The molecule has 4 N–H and O–H groups in total. The highest BCUT2D eigenvalue weighted by Gasteiger charge is 2.13. The highest BCUT2D eigenvalue weighted by molar-refractivity contribution is 5.77. The lowest BCUT2D eigenvalue weighted by molar-refractivity contribution is -0.348. The van der Waals surface area contributed by atoms with Crippen molar-refractivity contribution in [2.45, 2.75) is 45.3 Å². The molecule has 9 heteroatoms. The molecule has 0 heterocycles. The van der Waals surface area contributed by atoms with Gasteiger partial charge in [0.25, 0.3) is 0 Å². The van der Waals surface area contributed by atoms with E-state index in [2.05, 4.69) is 22.4 Å². The molecule has 0 spiro atoms. The van der Waals surface area contributed by atoms with Gasteiger partial charge in [0.2, 0.25) is 0 Å². The van der Waals surface area contributed by atoms with E-state index < -0.39 is 18.2 Å². The van der Waals surface area contributed by atoms with E-state index in [9.17, 15) is 9.59 Å². The Labute approximate surface area is 136 Å². The first kappa shape index (κ1) is 20.9. The molecular formula is C14H26N4O5. The Hall–Kier alpha value is -2.13. The van der Waals surface area contributed by atoms with Crippen LogP contribution in [-0.4, -0.2) is 43.2 Å². The number of urea groups is 1. The summed E-state index contributed by atoms with van der Waals surface area (Å²) in [7, 11) is 0. The molecule has 0 aliphatic rings. The molecule has 0 aromatic heterocycles. The molecule has 0 bridgehead atoms. The SMILES string of the molecule is C=CCOC(=O)NC(C=NNC(N)=O)CCCOOC(C)(C)C. The van der Waals surface area contributed by atoms with Gasteiger partial charge in [-0.1, -0.05) is 12.7 Å². The van der Waals surface area contributed by atoms with Gasteiger partial charge in [-0.05, 0) is 33.6 Å². The predicted octanol–water partition coefficient (Wildman–Crippen LogP) is 1.45. The first-order valence-corrected chi connectivity index (χ1v) is 7.18. The molecular weight excluding hydrogens is 304 g/mol. The second kappa shape index (κ2) is 11.4. The van der Waals surface area contributed by atoms with Crippen LogP contribution in [0.5, 0.6) is 0 Å². The van der Waals surface area contributed by atoms with Gasteiger partial charge in [0.15, 0.2) is 0 Å². The maximum absolute atomic E-state index is 11.5. The maximum Gasteiger partial charge on any atom is 0.407 e. The average molecular weight is 330 g/mol. The quantitative estimate of drug-likeness (QED) is 0.184. The van der Waals surface area contributed by atoms with Crippen molar-refractivity contribution >= 4 is 18.3 Å². The summed E-state index contributed by atoms with van der Waals surface area (Å²) in [6.07, 6.45) is 3.28. The van der Waals surface area contributed by atoms with Crippen LogP contribution < -0.4 is 16.5 Å². The fraction of sp³-hybridized carbons (Fsp3) is 0.643. The van der Waals surface area contributed by atoms with Gasteiger partial charge in [-0.15, -0.1) is 0 Å². The minimum atomic E-state index is -0.795. The number of nitrogens with one attached hydrogen (secondary N) is 2. The van der Waals surface area contributed by atoms with Crippen molar-refractivity contribution in [2.75, 3.05) is 13.2 Å². The number of alkyl carbamates (subject to hydrolysis) is 1. The molecule has 0 saturated heterocycles. The van der Waals surface area contributed by atoms with Gasteiger partial charge < -0.3 is 15.8 Å². The summed E-state index contributed by atoms with van der Waals surface area (Å²) in [5.74, 6) is 0. The highest BCUT2D eigenvalue weighted by Crippen LogP contribution is 2.07. The first-order valence-electron chi connectivity index (χ1n) is 7.18. The van der Waals surface area contributed by atoms with Crippen LogP contribution in [0.15, 0.2) is 17.8 Å². The molecule has 9 nitrogen and oxygen atoms in total. The third kappa shape index (κ3) is 14.6. The van der Waals surface area contributed by atoms with Crippen LogP contribution in [0.3, 0.4) is 0 Å². The van der Waals surface area contributed by atoms with Crippen LogP contribution in [0.4, 0.5) is 9.59 Å².